The van der Waals surface area contributed by atoms with Crippen LogP contribution in [0.5, 0.6) is 0 Å². The largest absolute Gasteiger partial charge is 0.470 e. The fourth-order valence-corrected chi connectivity index (χ4v) is 1.32. The van der Waals surface area contributed by atoms with Crippen LogP contribution in [-0.2, 0) is 25.7 Å². The molecule has 0 N–H and O–H groups in total. The molecule has 2 heterocycles. The highest BCUT2D eigenvalue weighted by atomic mass is 19.4. The second-order valence-corrected chi connectivity index (χ2v) is 3.55. The molecular weight excluding hydrogens is 269 g/mol. The van der Waals surface area contributed by atoms with Gasteiger partial charge in [-0.25, -0.2) is 4.79 Å². The van der Waals surface area contributed by atoms with Gasteiger partial charge in [-0.05, 0) is 17.4 Å². The Morgan fingerprint density at radius 2 is 1.89 bits per heavy atom. The van der Waals surface area contributed by atoms with E-state index in [1.54, 1.807) is 6.92 Å². The highest BCUT2D eigenvalue weighted by Gasteiger charge is 2.38. The normalized spacial score (nSPS) is 12.0. The number of aryl methyl sites for hydroxylation is 3. The van der Waals surface area contributed by atoms with E-state index in [1.165, 1.54) is 0 Å². The number of aromatic nitrogens is 6. The first kappa shape index (κ1) is 13.2. The predicted molar refractivity (Wildman–Crippen MR) is 53.0 cm³/mol. The van der Waals surface area contributed by atoms with Crippen LogP contribution in [0.25, 0.3) is 0 Å². The first-order chi connectivity index (χ1) is 8.91. The zero-order valence-electron chi connectivity index (χ0n) is 9.75. The minimum atomic E-state index is -4.67. The quantitative estimate of drug-likeness (QED) is 0.788. The average Bonchev–Trinajstić information content (AvgIpc) is 2.93. The Morgan fingerprint density at radius 1 is 1.21 bits per heavy atom. The lowest BCUT2D eigenvalue weighted by Gasteiger charge is -1.97. The monoisotopic (exact) mass is 278 g/mol. The first-order valence-corrected chi connectivity index (χ1v) is 5.32. The third kappa shape index (κ3) is 2.80. The SMILES string of the molecule is CCn1nnn(CCc2nnc(C(F)(F)F)o2)c1=O. The number of hydrogen-bond donors (Lipinski definition) is 0. The molecule has 0 saturated carbocycles. The summed E-state index contributed by atoms with van der Waals surface area (Å²) in [5.74, 6) is -1.63. The Bertz CT molecular complexity index is 613. The molecule has 0 aliphatic carbocycles. The van der Waals surface area contributed by atoms with Crippen molar-refractivity contribution in [2.24, 2.45) is 0 Å². The highest BCUT2D eigenvalue weighted by molar-refractivity contribution is 4.86. The van der Waals surface area contributed by atoms with Gasteiger partial charge in [0.2, 0.25) is 5.89 Å². The van der Waals surface area contributed by atoms with Crippen molar-refractivity contribution in [2.75, 3.05) is 0 Å². The molecule has 0 spiro atoms. The molecule has 0 fully saturated rings. The first-order valence-electron chi connectivity index (χ1n) is 5.32. The van der Waals surface area contributed by atoms with Crippen molar-refractivity contribution in [3.05, 3.63) is 22.3 Å². The van der Waals surface area contributed by atoms with E-state index in [9.17, 15) is 18.0 Å². The fraction of sp³-hybridized carbons (Fsp3) is 0.625. The van der Waals surface area contributed by atoms with E-state index in [2.05, 4.69) is 25.0 Å². The van der Waals surface area contributed by atoms with E-state index in [0.717, 1.165) is 9.36 Å². The Hall–Kier alpha value is -2.20. The fourth-order valence-electron chi connectivity index (χ4n) is 1.32. The standard InChI is InChI=1S/C8H9F3N6O2/c1-2-16-7(18)17(15-14-16)4-3-5-12-13-6(19-5)8(9,10)11/h2-4H2,1H3. The van der Waals surface area contributed by atoms with Crippen LogP contribution >= 0.6 is 0 Å². The van der Waals surface area contributed by atoms with Gasteiger partial charge in [-0.15, -0.1) is 10.2 Å². The number of hydrogen-bond acceptors (Lipinski definition) is 6. The lowest BCUT2D eigenvalue weighted by Crippen LogP contribution is -2.25. The van der Waals surface area contributed by atoms with Gasteiger partial charge in [-0.2, -0.15) is 22.5 Å². The van der Waals surface area contributed by atoms with Gasteiger partial charge in [-0.3, -0.25) is 0 Å². The second-order valence-electron chi connectivity index (χ2n) is 3.55. The number of halogens is 3. The maximum atomic E-state index is 12.2. The molecule has 2 aromatic heterocycles. The Labute approximate surface area is 103 Å². The average molecular weight is 278 g/mol. The predicted octanol–water partition coefficient (Wildman–Crippen LogP) is 0.104. The van der Waals surface area contributed by atoms with E-state index >= 15 is 0 Å². The van der Waals surface area contributed by atoms with Crippen LogP contribution in [0, 0.1) is 0 Å². The molecule has 8 nitrogen and oxygen atoms in total. The molecule has 0 unspecified atom stereocenters. The van der Waals surface area contributed by atoms with Gasteiger partial charge >= 0.3 is 17.8 Å². The molecule has 0 atom stereocenters. The van der Waals surface area contributed by atoms with Gasteiger partial charge in [0.1, 0.15) is 0 Å². The molecule has 0 bridgehead atoms. The third-order valence-electron chi connectivity index (χ3n) is 2.24. The van der Waals surface area contributed by atoms with Gasteiger partial charge in [-0.1, -0.05) is 0 Å². The molecule has 2 rings (SSSR count). The summed E-state index contributed by atoms with van der Waals surface area (Å²) in [7, 11) is 0. The van der Waals surface area contributed by atoms with E-state index < -0.39 is 17.8 Å². The lowest BCUT2D eigenvalue weighted by molar-refractivity contribution is -0.157. The summed E-state index contributed by atoms with van der Waals surface area (Å²) in [6.07, 6.45) is -4.71. The van der Waals surface area contributed by atoms with Crippen molar-refractivity contribution in [2.45, 2.75) is 32.6 Å². The molecule has 0 aromatic carbocycles. The molecule has 0 aliphatic heterocycles. The summed E-state index contributed by atoms with van der Waals surface area (Å²) < 4.78 is 43.2. The van der Waals surface area contributed by atoms with Crippen LogP contribution in [0.2, 0.25) is 0 Å². The third-order valence-corrected chi connectivity index (χ3v) is 2.24. The van der Waals surface area contributed by atoms with Crippen molar-refractivity contribution < 1.29 is 17.6 Å². The summed E-state index contributed by atoms with van der Waals surface area (Å²) >= 11 is 0. The number of nitrogens with zero attached hydrogens (tertiary/aromatic N) is 6. The number of tetrazole rings is 1. The van der Waals surface area contributed by atoms with Gasteiger partial charge in [0, 0.05) is 13.0 Å². The molecule has 104 valence electrons. The number of alkyl halides is 3. The molecular formula is C8H9F3N6O2. The number of rotatable bonds is 4. The molecule has 0 amide bonds. The smallest absolute Gasteiger partial charge is 0.417 e. The Morgan fingerprint density at radius 3 is 2.42 bits per heavy atom. The van der Waals surface area contributed by atoms with E-state index in [1.807, 2.05) is 0 Å². The molecule has 0 aliphatic rings. The summed E-state index contributed by atoms with van der Waals surface area (Å²) in [5, 5.41) is 13.2. The van der Waals surface area contributed by atoms with Gasteiger partial charge in [0.05, 0.1) is 6.54 Å². The van der Waals surface area contributed by atoms with Crippen LogP contribution < -0.4 is 5.69 Å². The van der Waals surface area contributed by atoms with Crippen molar-refractivity contribution in [3.8, 4) is 0 Å². The molecule has 11 heteroatoms. The Balaban J connectivity index is 2.05. The summed E-state index contributed by atoms with van der Waals surface area (Å²) in [4.78, 5) is 11.5. The molecule has 2 aromatic rings. The van der Waals surface area contributed by atoms with E-state index in [4.69, 9.17) is 0 Å². The zero-order chi connectivity index (χ0) is 14.0. The second kappa shape index (κ2) is 4.82. The maximum Gasteiger partial charge on any atom is 0.470 e. The lowest BCUT2D eigenvalue weighted by atomic mass is 10.4. The van der Waals surface area contributed by atoms with Crippen molar-refractivity contribution in [1.82, 2.24) is 30.0 Å². The van der Waals surface area contributed by atoms with Crippen LogP contribution in [-0.4, -0.2) is 30.0 Å². The molecule has 19 heavy (non-hydrogen) atoms. The van der Waals surface area contributed by atoms with E-state index in [0.29, 0.717) is 6.54 Å². The van der Waals surface area contributed by atoms with E-state index in [-0.39, 0.29) is 18.9 Å². The van der Waals surface area contributed by atoms with Crippen molar-refractivity contribution in [3.63, 3.8) is 0 Å². The van der Waals surface area contributed by atoms with Crippen molar-refractivity contribution >= 4 is 0 Å². The van der Waals surface area contributed by atoms with Gasteiger partial charge < -0.3 is 4.42 Å². The highest BCUT2D eigenvalue weighted by Crippen LogP contribution is 2.27. The minimum absolute atomic E-state index is 0.0122. The summed E-state index contributed by atoms with van der Waals surface area (Å²) in [6, 6.07) is 0. The van der Waals surface area contributed by atoms with Gasteiger partial charge in [0.15, 0.2) is 0 Å². The topological polar surface area (TPSA) is 91.6 Å². The summed E-state index contributed by atoms with van der Waals surface area (Å²) in [5.41, 5.74) is -0.446. The minimum Gasteiger partial charge on any atom is -0.417 e. The zero-order valence-corrected chi connectivity index (χ0v) is 9.75. The van der Waals surface area contributed by atoms with Crippen molar-refractivity contribution in [1.29, 1.82) is 0 Å². The molecule has 0 saturated heterocycles. The van der Waals surface area contributed by atoms with Crippen LogP contribution in [0.4, 0.5) is 13.2 Å². The van der Waals surface area contributed by atoms with Crippen LogP contribution in [0.1, 0.15) is 18.7 Å². The van der Waals surface area contributed by atoms with Gasteiger partial charge in [0.25, 0.3) is 0 Å². The molecule has 0 radical (unpaired) electrons. The summed E-state index contributed by atoms with van der Waals surface area (Å²) in [6.45, 7) is 2.09. The maximum absolute atomic E-state index is 12.2. The van der Waals surface area contributed by atoms with Crippen LogP contribution in [0.3, 0.4) is 0 Å². The Kier molecular flexibility index (Phi) is 3.36. The van der Waals surface area contributed by atoms with Crippen LogP contribution in [0.15, 0.2) is 9.21 Å².